The van der Waals surface area contributed by atoms with Crippen molar-refractivity contribution in [2.75, 3.05) is 0 Å². The van der Waals surface area contributed by atoms with Crippen LogP contribution < -0.4 is 0 Å². The average molecular weight is 142 g/mol. The molecule has 0 aromatic carbocycles. The lowest BCUT2D eigenvalue weighted by molar-refractivity contribution is 0.117. The topological polar surface area (TPSA) is 98.0 Å². The van der Waals surface area contributed by atoms with E-state index in [0.717, 1.165) is 0 Å². The van der Waals surface area contributed by atoms with Crippen LogP contribution in [0.1, 0.15) is 0 Å². The fourth-order valence-corrected chi connectivity index (χ4v) is 0. The van der Waals surface area contributed by atoms with Gasteiger partial charge in [-0.15, -0.1) is 0 Å². The molecule has 0 aromatic rings. The normalized spacial score (nSPS) is 9.14. The summed E-state index contributed by atoms with van der Waals surface area (Å²) >= 11 is 0. The van der Waals surface area contributed by atoms with Crippen molar-refractivity contribution in [2.24, 2.45) is 0 Å². The minimum Gasteiger partial charge on any atom is -0.396 e. The number of rotatable bonds is 0. The maximum atomic E-state index is 8.28. The predicted octanol–water partition coefficient (Wildman–Crippen LogP) is -3.64. The van der Waals surface area contributed by atoms with Gasteiger partial charge in [0, 0.05) is 0 Å². The molecular weight excluding hydrogens is 136 g/mol. The number of hydrogen-bond acceptors (Lipinski definition) is 5. The summed E-state index contributed by atoms with van der Waals surface area (Å²) in [5.74, 6) is 0. The van der Waals surface area contributed by atoms with Gasteiger partial charge in [-0.25, -0.2) is 0 Å². The van der Waals surface area contributed by atoms with Gasteiger partial charge in [0.1, 0.15) is 0 Å². The Morgan fingerprint density at radius 1 is 1.00 bits per heavy atom. The van der Waals surface area contributed by atoms with Gasteiger partial charge in [0.05, 0.1) is 0 Å². The quantitative estimate of drug-likeness (QED) is 0.261. The highest BCUT2D eigenvalue weighted by atomic mass is 28.4. The van der Waals surface area contributed by atoms with Crippen molar-refractivity contribution in [1.82, 2.24) is 0 Å². The van der Waals surface area contributed by atoms with Crippen LogP contribution in [0.15, 0.2) is 0 Å². The van der Waals surface area contributed by atoms with E-state index in [1.165, 1.54) is 0 Å². The van der Waals surface area contributed by atoms with Gasteiger partial charge in [0.2, 0.25) is 10.1 Å². The van der Waals surface area contributed by atoms with Crippen LogP contribution in [0.5, 0.6) is 0 Å². The molecule has 0 radical (unpaired) electrons. The molecule has 0 amide bonds. The molecule has 0 spiro atoms. The predicted molar refractivity (Wildman–Crippen MR) is 23.9 cm³/mol. The lowest BCUT2D eigenvalue weighted by Crippen LogP contribution is -2.33. The van der Waals surface area contributed by atoms with Crippen LogP contribution in [-0.4, -0.2) is 38.4 Å². The second kappa shape index (κ2) is 4.24. The summed E-state index contributed by atoms with van der Waals surface area (Å²) in [5, 5.41) is 0. The van der Waals surface area contributed by atoms with E-state index in [-0.39, 0.29) is 0 Å². The standard InChI is InChI=1S/H4O4Si.H2OSi/c1-5(2,3)4;1-2/h1-4H;2H2. The monoisotopic (exact) mass is 142 g/mol. The van der Waals surface area contributed by atoms with E-state index in [9.17, 15) is 0 Å². The Kier molecular flexibility index (Phi) is 6.14. The first-order chi connectivity index (χ1) is 3.00. The van der Waals surface area contributed by atoms with E-state index in [2.05, 4.69) is 0 Å². The summed E-state index contributed by atoms with van der Waals surface area (Å²) in [4.78, 5) is 29.3. The molecule has 44 valence electrons. The Hall–Kier alpha value is 0.0738. The zero-order valence-corrected chi connectivity index (χ0v) is 5.82. The highest BCUT2D eigenvalue weighted by Gasteiger charge is 2.22. The van der Waals surface area contributed by atoms with Gasteiger partial charge in [-0.1, -0.05) is 0 Å². The highest BCUT2D eigenvalue weighted by molar-refractivity contribution is 6.46. The minimum absolute atomic E-state index is 0.611. The highest BCUT2D eigenvalue weighted by Crippen LogP contribution is 1.67. The fraction of sp³-hybridized carbons (Fsp3) is 0. The largest absolute Gasteiger partial charge is 0.668 e. The van der Waals surface area contributed by atoms with Gasteiger partial charge in [0.15, 0.2) is 0 Å². The zero-order valence-electron chi connectivity index (χ0n) is 3.40. The maximum absolute atomic E-state index is 8.28. The molecule has 0 unspecified atom stereocenters. The van der Waals surface area contributed by atoms with Crippen molar-refractivity contribution in [3.05, 3.63) is 0 Å². The van der Waals surface area contributed by atoms with Crippen molar-refractivity contribution in [2.45, 2.75) is 0 Å². The van der Waals surface area contributed by atoms with Crippen molar-refractivity contribution < 1.29 is 23.6 Å². The molecule has 0 atom stereocenters. The van der Waals surface area contributed by atoms with E-state index in [1.807, 2.05) is 0 Å². The molecule has 0 aromatic heterocycles. The van der Waals surface area contributed by atoms with Crippen molar-refractivity contribution in [3.63, 3.8) is 0 Å². The first kappa shape index (κ1) is 10.1. The van der Waals surface area contributed by atoms with Gasteiger partial charge >= 0.3 is 9.05 Å². The second-order valence-electron chi connectivity index (χ2n) is 0.600. The van der Waals surface area contributed by atoms with E-state index in [0.29, 0.717) is 10.1 Å². The second-order valence-corrected chi connectivity index (χ2v) is 1.80. The van der Waals surface area contributed by atoms with Crippen molar-refractivity contribution in [1.29, 1.82) is 0 Å². The van der Waals surface area contributed by atoms with Crippen LogP contribution in [0.2, 0.25) is 0 Å². The molecule has 0 heterocycles. The lowest BCUT2D eigenvalue weighted by Gasteiger charge is -1.91. The fourth-order valence-electron chi connectivity index (χ4n) is 0. The Morgan fingerprint density at radius 3 is 1.00 bits per heavy atom. The van der Waals surface area contributed by atoms with Crippen LogP contribution in [-0.2, 0) is 4.46 Å². The average Bonchev–Trinajstić information content (AvgIpc) is 1.36. The third kappa shape index (κ3) is 18500. The summed E-state index contributed by atoms with van der Waals surface area (Å²) in [7, 11) is -4.00. The van der Waals surface area contributed by atoms with Gasteiger partial charge in [-0.3, -0.25) is 0 Å². The Morgan fingerprint density at radius 2 is 1.00 bits per heavy atom. The van der Waals surface area contributed by atoms with E-state index >= 15 is 0 Å². The molecule has 0 saturated carbocycles. The van der Waals surface area contributed by atoms with Crippen LogP contribution >= 0.6 is 0 Å². The number of hydrogen-bond donors (Lipinski definition) is 4. The Bertz CT molecular complexity index is 29.8. The Balaban J connectivity index is 0. The third-order valence-electron chi connectivity index (χ3n) is 0. The summed E-state index contributed by atoms with van der Waals surface area (Å²) < 4.78 is 8.28. The molecule has 7 heteroatoms. The molecule has 4 N–H and O–H groups in total. The molecule has 0 aliphatic rings. The molecular formula is H6O5Si2. The van der Waals surface area contributed by atoms with Gasteiger partial charge < -0.3 is 23.6 Å². The smallest absolute Gasteiger partial charge is 0.396 e. The summed E-state index contributed by atoms with van der Waals surface area (Å²) in [6, 6.07) is 0. The van der Waals surface area contributed by atoms with Gasteiger partial charge in [0.25, 0.3) is 0 Å². The molecule has 0 aliphatic carbocycles. The van der Waals surface area contributed by atoms with Gasteiger partial charge in [-0.05, 0) is 0 Å². The molecule has 0 fully saturated rings. The van der Waals surface area contributed by atoms with Crippen LogP contribution in [0.3, 0.4) is 0 Å². The van der Waals surface area contributed by atoms with Gasteiger partial charge in [-0.2, -0.15) is 0 Å². The Labute approximate surface area is 43.8 Å². The summed E-state index contributed by atoms with van der Waals surface area (Å²) in [6.07, 6.45) is 0. The molecule has 0 saturated heterocycles. The van der Waals surface area contributed by atoms with E-state index < -0.39 is 9.05 Å². The van der Waals surface area contributed by atoms with Crippen molar-refractivity contribution >= 4 is 19.2 Å². The SMILES string of the molecule is O=[SiH2].O[Si](O)(O)O. The van der Waals surface area contributed by atoms with E-state index in [1.54, 1.807) is 0 Å². The summed E-state index contributed by atoms with van der Waals surface area (Å²) in [5.41, 5.74) is 0. The summed E-state index contributed by atoms with van der Waals surface area (Å²) in [6.45, 7) is 0. The molecule has 7 heavy (non-hydrogen) atoms. The molecule has 5 nitrogen and oxygen atoms in total. The van der Waals surface area contributed by atoms with Crippen LogP contribution in [0.4, 0.5) is 0 Å². The first-order valence-corrected chi connectivity index (χ1v) is 3.55. The van der Waals surface area contributed by atoms with E-state index in [4.69, 9.17) is 23.6 Å². The zero-order chi connectivity index (χ0) is 6.50. The first-order valence-electron chi connectivity index (χ1n) is 1.18. The van der Waals surface area contributed by atoms with Crippen LogP contribution in [0.25, 0.3) is 0 Å². The molecule has 0 bridgehead atoms. The maximum Gasteiger partial charge on any atom is 0.668 e. The molecule has 0 aliphatic heterocycles. The molecule has 0 rings (SSSR count). The third-order valence-corrected chi connectivity index (χ3v) is 0. The minimum atomic E-state index is -4.61. The van der Waals surface area contributed by atoms with Crippen LogP contribution in [0, 0.1) is 0 Å². The van der Waals surface area contributed by atoms with Crippen molar-refractivity contribution in [3.8, 4) is 0 Å². The lowest BCUT2D eigenvalue weighted by atomic mass is 15.7.